The molecule has 0 bridgehead atoms. The van der Waals surface area contributed by atoms with Crippen molar-refractivity contribution in [2.24, 2.45) is 0 Å². The lowest BCUT2D eigenvalue weighted by molar-refractivity contribution is -0.144. The van der Waals surface area contributed by atoms with Gasteiger partial charge >= 0.3 is 6.18 Å². The van der Waals surface area contributed by atoms with Crippen molar-refractivity contribution in [3.8, 4) is 0 Å². The zero-order valence-electron chi connectivity index (χ0n) is 10.6. The average Bonchev–Trinajstić information content (AvgIpc) is 2.41. The smallest absolute Gasteiger partial charge is 0.373 e. The van der Waals surface area contributed by atoms with Crippen LogP contribution in [-0.2, 0) is 6.18 Å². The highest BCUT2D eigenvalue weighted by Crippen LogP contribution is 2.31. The number of alkyl halides is 3. The molecule has 0 atom stereocenters. The van der Waals surface area contributed by atoms with Crippen molar-refractivity contribution in [2.75, 3.05) is 17.7 Å². The highest BCUT2D eigenvalue weighted by atomic mass is 35.5. The molecule has 1 heterocycles. The van der Waals surface area contributed by atoms with E-state index in [2.05, 4.69) is 20.6 Å². The van der Waals surface area contributed by atoms with E-state index in [9.17, 15) is 13.2 Å². The number of hydrogen-bond acceptors (Lipinski definition) is 4. The first kappa shape index (κ1) is 15.7. The summed E-state index contributed by atoms with van der Waals surface area (Å²) in [5.41, 5.74) is 0.345. The van der Waals surface area contributed by atoms with Gasteiger partial charge in [-0.1, -0.05) is 23.2 Å². The highest BCUT2D eigenvalue weighted by molar-refractivity contribution is 6.35. The van der Waals surface area contributed by atoms with Gasteiger partial charge in [0.15, 0.2) is 0 Å². The van der Waals surface area contributed by atoms with Gasteiger partial charge in [-0.05, 0) is 18.2 Å². The molecule has 0 unspecified atom stereocenters. The maximum Gasteiger partial charge on any atom is 0.451 e. The van der Waals surface area contributed by atoms with E-state index in [1.807, 2.05) is 0 Å². The molecule has 2 aromatic rings. The molecule has 0 aliphatic heterocycles. The summed E-state index contributed by atoms with van der Waals surface area (Å²) in [6.45, 7) is 0. The lowest BCUT2D eigenvalue weighted by Gasteiger charge is -2.12. The van der Waals surface area contributed by atoms with E-state index in [-0.39, 0.29) is 11.6 Å². The molecule has 0 saturated carbocycles. The molecule has 9 heteroatoms. The molecule has 1 aromatic carbocycles. The van der Waals surface area contributed by atoms with Crippen LogP contribution >= 0.6 is 23.2 Å². The van der Waals surface area contributed by atoms with Crippen molar-refractivity contribution in [1.29, 1.82) is 0 Å². The third-order valence-electron chi connectivity index (χ3n) is 2.43. The number of anilines is 3. The van der Waals surface area contributed by atoms with Crippen molar-refractivity contribution < 1.29 is 13.2 Å². The maximum atomic E-state index is 12.7. The predicted octanol–water partition coefficient (Wildman–Crippen LogP) is 4.59. The fourth-order valence-electron chi connectivity index (χ4n) is 1.50. The van der Waals surface area contributed by atoms with Crippen molar-refractivity contribution in [3.05, 3.63) is 40.1 Å². The Hall–Kier alpha value is -1.73. The number of rotatable bonds is 3. The molecule has 0 radical (unpaired) electrons. The minimum absolute atomic E-state index is 0.0259. The van der Waals surface area contributed by atoms with Gasteiger partial charge in [0.1, 0.15) is 11.6 Å². The highest BCUT2D eigenvalue weighted by Gasteiger charge is 2.35. The van der Waals surface area contributed by atoms with E-state index in [4.69, 9.17) is 23.2 Å². The van der Waals surface area contributed by atoms with Crippen molar-refractivity contribution in [1.82, 2.24) is 9.97 Å². The third kappa shape index (κ3) is 3.89. The van der Waals surface area contributed by atoms with Crippen LogP contribution < -0.4 is 10.6 Å². The van der Waals surface area contributed by atoms with Crippen molar-refractivity contribution in [2.45, 2.75) is 6.18 Å². The van der Waals surface area contributed by atoms with Gasteiger partial charge in [0.2, 0.25) is 5.82 Å². The number of halogens is 5. The summed E-state index contributed by atoms with van der Waals surface area (Å²) in [7, 11) is 1.46. The van der Waals surface area contributed by atoms with E-state index < -0.39 is 12.0 Å². The second-order valence-electron chi connectivity index (χ2n) is 3.96. The lowest BCUT2D eigenvalue weighted by Crippen LogP contribution is -2.13. The maximum absolute atomic E-state index is 12.7. The Morgan fingerprint density at radius 3 is 2.33 bits per heavy atom. The first-order valence-corrected chi connectivity index (χ1v) is 6.41. The molecule has 0 amide bonds. The summed E-state index contributed by atoms with van der Waals surface area (Å²) in [5.74, 6) is -1.28. The van der Waals surface area contributed by atoms with Crippen LogP contribution in [0.25, 0.3) is 0 Å². The second-order valence-corrected chi connectivity index (χ2v) is 4.80. The monoisotopic (exact) mass is 336 g/mol. The summed E-state index contributed by atoms with van der Waals surface area (Å²) in [4.78, 5) is 6.79. The van der Waals surface area contributed by atoms with Gasteiger partial charge in [0, 0.05) is 18.1 Å². The quantitative estimate of drug-likeness (QED) is 0.860. The van der Waals surface area contributed by atoms with Gasteiger partial charge in [-0.3, -0.25) is 0 Å². The molecule has 1 aromatic heterocycles. The second kappa shape index (κ2) is 5.95. The number of hydrogen-bond donors (Lipinski definition) is 2. The van der Waals surface area contributed by atoms with Crippen LogP contribution in [0.2, 0.25) is 10.0 Å². The SMILES string of the molecule is CNc1cc(Nc2cc(Cl)ccc2Cl)nc(C(F)(F)F)n1. The van der Waals surface area contributed by atoms with E-state index >= 15 is 0 Å². The minimum Gasteiger partial charge on any atom is -0.373 e. The molecule has 0 saturated heterocycles. The van der Waals surface area contributed by atoms with Gasteiger partial charge in [0.05, 0.1) is 10.7 Å². The van der Waals surface area contributed by atoms with Gasteiger partial charge in [-0.2, -0.15) is 13.2 Å². The Morgan fingerprint density at radius 2 is 1.71 bits per heavy atom. The number of nitrogens with zero attached hydrogens (tertiary/aromatic N) is 2. The summed E-state index contributed by atoms with van der Waals surface area (Å²) in [6, 6.07) is 5.90. The molecule has 112 valence electrons. The Balaban J connectivity index is 2.42. The van der Waals surface area contributed by atoms with E-state index in [0.29, 0.717) is 15.7 Å². The fourth-order valence-corrected chi connectivity index (χ4v) is 1.83. The van der Waals surface area contributed by atoms with E-state index in [1.165, 1.54) is 25.2 Å². The molecule has 2 N–H and O–H groups in total. The Labute approximate surface area is 128 Å². The van der Waals surface area contributed by atoms with Crippen LogP contribution in [0, 0.1) is 0 Å². The predicted molar refractivity (Wildman–Crippen MR) is 76.3 cm³/mol. The van der Waals surface area contributed by atoms with Crippen LogP contribution in [0.5, 0.6) is 0 Å². The molecular formula is C12H9Cl2F3N4. The largest absolute Gasteiger partial charge is 0.451 e. The topological polar surface area (TPSA) is 49.8 Å². The molecule has 0 aliphatic carbocycles. The summed E-state index contributed by atoms with van der Waals surface area (Å²) in [5, 5.41) is 5.93. The van der Waals surface area contributed by atoms with Gasteiger partial charge < -0.3 is 10.6 Å². The third-order valence-corrected chi connectivity index (χ3v) is 2.99. The molecule has 4 nitrogen and oxygen atoms in total. The van der Waals surface area contributed by atoms with Crippen LogP contribution in [0.1, 0.15) is 5.82 Å². The first-order valence-electron chi connectivity index (χ1n) is 5.65. The summed E-state index contributed by atoms with van der Waals surface area (Å²) < 4.78 is 38.2. The molecule has 0 aliphatic rings. The van der Waals surface area contributed by atoms with E-state index in [1.54, 1.807) is 6.07 Å². The van der Waals surface area contributed by atoms with Crippen LogP contribution in [0.15, 0.2) is 24.3 Å². The number of aromatic nitrogens is 2. The van der Waals surface area contributed by atoms with E-state index in [0.717, 1.165) is 0 Å². The minimum atomic E-state index is -4.65. The fraction of sp³-hybridized carbons (Fsp3) is 0.167. The molecule has 0 fully saturated rings. The van der Waals surface area contributed by atoms with Gasteiger partial charge in [-0.25, -0.2) is 9.97 Å². The zero-order valence-corrected chi connectivity index (χ0v) is 12.1. The van der Waals surface area contributed by atoms with Crippen molar-refractivity contribution >= 4 is 40.5 Å². The van der Waals surface area contributed by atoms with Gasteiger partial charge in [-0.15, -0.1) is 0 Å². The summed E-state index contributed by atoms with van der Waals surface area (Å²) >= 11 is 11.8. The standard InChI is InChI=1S/C12H9Cl2F3N4/c1-18-9-5-10(21-11(20-9)12(15,16)17)19-8-4-6(13)2-3-7(8)14/h2-5H,1H3,(H2,18,19,20,21). The van der Waals surface area contributed by atoms with Gasteiger partial charge in [0.25, 0.3) is 0 Å². The summed E-state index contributed by atoms with van der Waals surface area (Å²) in [6.07, 6.45) is -4.65. The number of nitrogens with one attached hydrogen (secondary N) is 2. The normalized spacial score (nSPS) is 11.3. The Kier molecular flexibility index (Phi) is 4.43. The first-order chi connectivity index (χ1) is 9.79. The average molecular weight is 337 g/mol. The van der Waals surface area contributed by atoms with Crippen LogP contribution in [0.3, 0.4) is 0 Å². The molecular weight excluding hydrogens is 328 g/mol. The van der Waals surface area contributed by atoms with Crippen molar-refractivity contribution in [3.63, 3.8) is 0 Å². The Bertz CT molecular complexity index is 661. The van der Waals surface area contributed by atoms with Crippen LogP contribution in [-0.4, -0.2) is 17.0 Å². The molecule has 0 spiro atoms. The molecule has 2 rings (SSSR count). The van der Waals surface area contributed by atoms with Crippen LogP contribution in [0.4, 0.5) is 30.5 Å². The Morgan fingerprint density at radius 1 is 1.05 bits per heavy atom. The zero-order chi connectivity index (χ0) is 15.6. The number of benzene rings is 1. The molecule has 21 heavy (non-hydrogen) atoms. The lowest BCUT2D eigenvalue weighted by atomic mass is 10.3.